The van der Waals surface area contributed by atoms with Crippen LogP contribution in [0.3, 0.4) is 0 Å². The zero-order valence-corrected chi connectivity index (χ0v) is 9.46. The molecule has 0 radical (unpaired) electrons. The first-order valence-corrected chi connectivity index (χ1v) is 5.23. The third-order valence-corrected chi connectivity index (χ3v) is 2.57. The van der Waals surface area contributed by atoms with Crippen molar-refractivity contribution in [3.63, 3.8) is 0 Å². The molecule has 0 amide bonds. The van der Waals surface area contributed by atoms with Gasteiger partial charge in [-0.25, -0.2) is 4.98 Å². The summed E-state index contributed by atoms with van der Waals surface area (Å²) in [4.78, 5) is 8.34. The van der Waals surface area contributed by atoms with Crippen LogP contribution < -0.4 is 0 Å². The minimum Gasteiger partial charge on any atom is -0.386 e. The van der Waals surface area contributed by atoms with Crippen molar-refractivity contribution in [3.05, 3.63) is 47.8 Å². The monoisotopic (exact) mass is 217 g/mol. The van der Waals surface area contributed by atoms with Gasteiger partial charge < -0.3 is 9.67 Å². The van der Waals surface area contributed by atoms with Gasteiger partial charge in [-0.1, -0.05) is 0 Å². The van der Waals surface area contributed by atoms with Crippen LogP contribution in [0.5, 0.6) is 0 Å². The summed E-state index contributed by atoms with van der Waals surface area (Å²) >= 11 is 0. The highest BCUT2D eigenvalue weighted by Gasteiger charge is 2.12. The smallest absolute Gasteiger partial charge is 0.111 e. The topological polar surface area (TPSA) is 50.9 Å². The van der Waals surface area contributed by atoms with Crippen molar-refractivity contribution < 1.29 is 5.11 Å². The molecule has 0 fully saturated rings. The van der Waals surface area contributed by atoms with Crippen LogP contribution in [0.1, 0.15) is 23.2 Å². The van der Waals surface area contributed by atoms with Crippen molar-refractivity contribution >= 4 is 0 Å². The Hall–Kier alpha value is -1.68. The Kier molecular flexibility index (Phi) is 3.01. The van der Waals surface area contributed by atoms with Gasteiger partial charge >= 0.3 is 0 Å². The summed E-state index contributed by atoms with van der Waals surface area (Å²) in [5, 5.41) is 10.0. The molecule has 0 aliphatic carbocycles. The number of imidazole rings is 1. The fourth-order valence-corrected chi connectivity index (χ4v) is 1.61. The van der Waals surface area contributed by atoms with Gasteiger partial charge in [-0.2, -0.15) is 0 Å². The number of aromatic nitrogens is 3. The fraction of sp³-hybridized carbons (Fsp3) is 0.333. The number of nitrogens with zero attached hydrogens (tertiary/aromatic N) is 3. The average molecular weight is 217 g/mol. The summed E-state index contributed by atoms with van der Waals surface area (Å²) in [6.07, 6.45) is 5.20. The summed E-state index contributed by atoms with van der Waals surface area (Å²) in [7, 11) is 1.92. The number of hydrogen-bond acceptors (Lipinski definition) is 3. The summed E-state index contributed by atoms with van der Waals surface area (Å²) in [6.45, 7) is 1.98. The van der Waals surface area contributed by atoms with E-state index in [0.29, 0.717) is 12.1 Å². The highest BCUT2D eigenvalue weighted by atomic mass is 16.3. The Balaban J connectivity index is 2.14. The van der Waals surface area contributed by atoms with Gasteiger partial charge in [0.1, 0.15) is 11.9 Å². The molecule has 1 atom stereocenters. The van der Waals surface area contributed by atoms with Crippen molar-refractivity contribution in [2.75, 3.05) is 0 Å². The quantitative estimate of drug-likeness (QED) is 0.845. The molecule has 0 aliphatic heterocycles. The zero-order chi connectivity index (χ0) is 11.5. The molecule has 2 aromatic rings. The second kappa shape index (κ2) is 4.45. The fourth-order valence-electron chi connectivity index (χ4n) is 1.61. The number of aryl methyl sites for hydroxylation is 2. The van der Waals surface area contributed by atoms with Gasteiger partial charge in [0.2, 0.25) is 0 Å². The average Bonchev–Trinajstić information content (AvgIpc) is 2.64. The Morgan fingerprint density at radius 1 is 1.38 bits per heavy atom. The molecule has 0 saturated carbocycles. The molecule has 0 saturated heterocycles. The minimum atomic E-state index is -0.596. The van der Waals surface area contributed by atoms with Crippen LogP contribution in [0.4, 0.5) is 0 Å². The maximum Gasteiger partial charge on any atom is 0.111 e. The van der Waals surface area contributed by atoms with Crippen LogP contribution in [-0.2, 0) is 13.5 Å². The van der Waals surface area contributed by atoms with E-state index < -0.39 is 6.10 Å². The molecule has 2 rings (SSSR count). The van der Waals surface area contributed by atoms with E-state index in [-0.39, 0.29) is 0 Å². The van der Waals surface area contributed by atoms with Gasteiger partial charge in [0.15, 0.2) is 0 Å². The highest BCUT2D eigenvalue weighted by molar-refractivity contribution is 5.17. The summed E-state index contributed by atoms with van der Waals surface area (Å²) in [6, 6.07) is 3.81. The summed E-state index contributed by atoms with van der Waals surface area (Å²) < 4.78 is 1.90. The lowest BCUT2D eigenvalue weighted by Gasteiger charge is -2.10. The molecule has 0 bridgehead atoms. The molecular weight excluding hydrogens is 202 g/mol. The minimum absolute atomic E-state index is 0.486. The van der Waals surface area contributed by atoms with E-state index in [1.165, 1.54) is 0 Å². The molecule has 1 unspecified atom stereocenters. The van der Waals surface area contributed by atoms with Crippen LogP contribution in [0, 0.1) is 6.92 Å². The Bertz CT molecular complexity index is 479. The lowest BCUT2D eigenvalue weighted by molar-refractivity contribution is 0.170. The first-order valence-electron chi connectivity index (χ1n) is 5.23. The number of pyridine rings is 1. The van der Waals surface area contributed by atoms with E-state index in [1.807, 2.05) is 36.9 Å². The van der Waals surface area contributed by atoms with Crippen molar-refractivity contribution in [1.82, 2.24) is 14.5 Å². The van der Waals surface area contributed by atoms with Crippen LogP contribution >= 0.6 is 0 Å². The summed E-state index contributed by atoms with van der Waals surface area (Å²) in [5.74, 6) is 0.857. The standard InChI is InChI=1S/C12H15N3O/c1-9-3-4-13-10(7-9)11(16)8-12-14-5-6-15(12)2/h3-7,11,16H,8H2,1-2H3. The molecule has 4 nitrogen and oxygen atoms in total. The first kappa shape index (κ1) is 10.8. The first-order chi connectivity index (χ1) is 7.66. The molecular formula is C12H15N3O. The Morgan fingerprint density at radius 3 is 2.81 bits per heavy atom. The molecule has 0 aliphatic rings. The predicted octanol–water partition coefficient (Wildman–Crippen LogP) is 1.40. The lowest BCUT2D eigenvalue weighted by Crippen LogP contribution is -2.08. The van der Waals surface area contributed by atoms with E-state index in [0.717, 1.165) is 11.4 Å². The van der Waals surface area contributed by atoms with E-state index in [1.54, 1.807) is 12.4 Å². The molecule has 1 N–H and O–H groups in total. The van der Waals surface area contributed by atoms with Gasteiger partial charge in [0.05, 0.1) is 5.69 Å². The van der Waals surface area contributed by atoms with E-state index in [4.69, 9.17) is 0 Å². The van der Waals surface area contributed by atoms with Gasteiger partial charge in [-0.05, 0) is 24.6 Å². The molecule has 16 heavy (non-hydrogen) atoms. The van der Waals surface area contributed by atoms with E-state index in [9.17, 15) is 5.11 Å². The van der Waals surface area contributed by atoms with Gasteiger partial charge in [0, 0.05) is 32.1 Å². The van der Waals surface area contributed by atoms with Crippen LogP contribution in [0.2, 0.25) is 0 Å². The SMILES string of the molecule is Cc1ccnc(C(O)Cc2nccn2C)c1. The third-order valence-electron chi connectivity index (χ3n) is 2.57. The van der Waals surface area contributed by atoms with Gasteiger partial charge in [-0.3, -0.25) is 4.98 Å². The Morgan fingerprint density at radius 2 is 2.19 bits per heavy atom. The third kappa shape index (κ3) is 2.28. The van der Waals surface area contributed by atoms with Crippen molar-refractivity contribution in [2.45, 2.75) is 19.4 Å². The van der Waals surface area contributed by atoms with Crippen LogP contribution in [0.15, 0.2) is 30.7 Å². The predicted molar refractivity (Wildman–Crippen MR) is 60.8 cm³/mol. The van der Waals surface area contributed by atoms with E-state index in [2.05, 4.69) is 9.97 Å². The maximum absolute atomic E-state index is 10.0. The van der Waals surface area contributed by atoms with Crippen molar-refractivity contribution in [2.24, 2.45) is 7.05 Å². The van der Waals surface area contributed by atoms with Crippen molar-refractivity contribution in [1.29, 1.82) is 0 Å². The molecule has 0 spiro atoms. The van der Waals surface area contributed by atoms with Gasteiger partial charge in [0.25, 0.3) is 0 Å². The zero-order valence-electron chi connectivity index (χ0n) is 9.46. The number of aliphatic hydroxyl groups is 1. The van der Waals surface area contributed by atoms with Crippen LogP contribution in [-0.4, -0.2) is 19.6 Å². The molecule has 2 aromatic heterocycles. The number of rotatable bonds is 3. The second-order valence-electron chi connectivity index (χ2n) is 3.93. The normalized spacial score (nSPS) is 12.7. The largest absolute Gasteiger partial charge is 0.386 e. The Labute approximate surface area is 94.6 Å². The molecule has 84 valence electrons. The molecule has 2 heterocycles. The highest BCUT2D eigenvalue weighted by Crippen LogP contribution is 2.15. The number of aliphatic hydroxyl groups excluding tert-OH is 1. The lowest BCUT2D eigenvalue weighted by atomic mass is 10.1. The summed E-state index contributed by atoms with van der Waals surface area (Å²) in [5.41, 5.74) is 1.80. The van der Waals surface area contributed by atoms with Gasteiger partial charge in [-0.15, -0.1) is 0 Å². The van der Waals surface area contributed by atoms with Crippen molar-refractivity contribution in [3.8, 4) is 0 Å². The van der Waals surface area contributed by atoms with Crippen LogP contribution in [0.25, 0.3) is 0 Å². The molecule has 4 heteroatoms. The second-order valence-corrected chi connectivity index (χ2v) is 3.93. The number of hydrogen-bond donors (Lipinski definition) is 1. The molecule has 0 aromatic carbocycles. The maximum atomic E-state index is 10.0. The van der Waals surface area contributed by atoms with E-state index >= 15 is 0 Å².